The number of nitrogens with one attached hydrogen (secondary N) is 2. The van der Waals surface area contributed by atoms with E-state index in [2.05, 4.69) is 20.8 Å². The molecule has 0 bridgehead atoms. The highest BCUT2D eigenvalue weighted by Gasteiger charge is 2.12. The van der Waals surface area contributed by atoms with Crippen molar-refractivity contribution < 1.29 is 9.59 Å². The molecule has 2 amide bonds. The molecule has 0 saturated heterocycles. The van der Waals surface area contributed by atoms with Crippen molar-refractivity contribution in [3.8, 4) is 0 Å². The highest BCUT2D eigenvalue weighted by Crippen LogP contribution is 2.19. The second-order valence-electron chi connectivity index (χ2n) is 4.37. The van der Waals surface area contributed by atoms with Crippen LogP contribution in [0.5, 0.6) is 0 Å². The van der Waals surface area contributed by atoms with E-state index >= 15 is 0 Å². The first-order valence-corrected chi connectivity index (χ1v) is 7.28. The van der Waals surface area contributed by atoms with Crippen molar-refractivity contribution in [2.75, 3.05) is 0 Å². The lowest BCUT2D eigenvalue weighted by Crippen LogP contribution is -2.37. The minimum Gasteiger partial charge on any atom is -0.342 e. The van der Waals surface area contributed by atoms with Gasteiger partial charge in [-0.1, -0.05) is 35.3 Å². The molecule has 2 N–H and O–H groups in total. The molecule has 0 aliphatic carbocycles. The number of amides is 2. The van der Waals surface area contributed by atoms with Crippen LogP contribution in [0.15, 0.2) is 47.7 Å². The SMILES string of the molecule is O=C(NCc1ccccn1)C(=O)N/N=C\c1ccc(Cl)cc1Cl. The summed E-state index contributed by atoms with van der Waals surface area (Å²) in [5.74, 6) is -1.70. The van der Waals surface area contributed by atoms with Crippen LogP contribution in [0.1, 0.15) is 11.3 Å². The Labute approximate surface area is 142 Å². The summed E-state index contributed by atoms with van der Waals surface area (Å²) < 4.78 is 0. The summed E-state index contributed by atoms with van der Waals surface area (Å²) in [6, 6.07) is 10.1. The number of benzene rings is 1. The van der Waals surface area contributed by atoms with Gasteiger partial charge in [0.05, 0.1) is 23.5 Å². The summed E-state index contributed by atoms with van der Waals surface area (Å²) in [6.45, 7) is 0.153. The summed E-state index contributed by atoms with van der Waals surface area (Å²) >= 11 is 11.7. The molecule has 2 aromatic rings. The van der Waals surface area contributed by atoms with Gasteiger partial charge in [-0.3, -0.25) is 14.6 Å². The first-order valence-electron chi connectivity index (χ1n) is 6.52. The maximum absolute atomic E-state index is 11.6. The summed E-state index contributed by atoms with van der Waals surface area (Å²) in [6.07, 6.45) is 2.92. The van der Waals surface area contributed by atoms with Crippen LogP contribution >= 0.6 is 23.2 Å². The fourth-order valence-corrected chi connectivity index (χ4v) is 2.03. The zero-order valence-corrected chi connectivity index (χ0v) is 13.3. The molecule has 0 aliphatic heterocycles. The fourth-order valence-electron chi connectivity index (χ4n) is 1.57. The van der Waals surface area contributed by atoms with Gasteiger partial charge in [0.25, 0.3) is 0 Å². The lowest BCUT2D eigenvalue weighted by molar-refractivity contribution is -0.139. The molecule has 0 radical (unpaired) electrons. The van der Waals surface area contributed by atoms with Crippen molar-refractivity contribution in [2.45, 2.75) is 6.54 Å². The van der Waals surface area contributed by atoms with Crippen LogP contribution in [0.25, 0.3) is 0 Å². The van der Waals surface area contributed by atoms with E-state index in [9.17, 15) is 9.59 Å². The van der Waals surface area contributed by atoms with Crippen molar-refractivity contribution in [1.82, 2.24) is 15.7 Å². The van der Waals surface area contributed by atoms with E-state index in [0.717, 1.165) is 0 Å². The number of halogens is 2. The first-order chi connectivity index (χ1) is 11.1. The van der Waals surface area contributed by atoms with Gasteiger partial charge in [0, 0.05) is 16.8 Å². The molecule has 0 atom stereocenters. The van der Waals surface area contributed by atoms with Crippen molar-refractivity contribution in [3.05, 3.63) is 63.9 Å². The van der Waals surface area contributed by atoms with Gasteiger partial charge in [0.2, 0.25) is 0 Å². The third-order valence-corrected chi connectivity index (χ3v) is 3.26. The van der Waals surface area contributed by atoms with Gasteiger partial charge in [-0.2, -0.15) is 5.10 Å². The standard InChI is InChI=1S/C15H12Cl2N4O2/c16-11-5-4-10(13(17)7-11)8-20-21-15(23)14(22)19-9-12-3-1-2-6-18-12/h1-8H,9H2,(H,19,22)(H,21,23)/b20-8-. The minimum absolute atomic E-state index is 0.153. The van der Waals surface area contributed by atoms with Crippen LogP contribution in [0.4, 0.5) is 0 Å². The number of hydrogen-bond donors (Lipinski definition) is 2. The Morgan fingerprint density at radius 2 is 2.00 bits per heavy atom. The normalized spacial score (nSPS) is 10.5. The van der Waals surface area contributed by atoms with Crippen molar-refractivity contribution in [1.29, 1.82) is 0 Å². The highest BCUT2D eigenvalue weighted by molar-refractivity contribution is 6.36. The molecule has 0 saturated carbocycles. The highest BCUT2D eigenvalue weighted by atomic mass is 35.5. The van der Waals surface area contributed by atoms with Gasteiger partial charge in [-0.15, -0.1) is 0 Å². The van der Waals surface area contributed by atoms with Gasteiger partial charge in [0.1, 0.15) is 0 Å². The lowest BCUT2D eigenvalue weighted by atomic mass is 10.2. The number of hydrogen-bond acceptors (Lipinski definition) is 4. The first kappa shape index (κ1) is 16.9. The molecular weight excluding hydrogens is 339 g/mol. The maximum atomic E-state index is 11.6. The lowest BCUT2D eigenvalue weighted by Gasteiger charge is -2.03. The van der Waals surface area contributed by atoms with E-state index < -0.39 is 11.8 Å². The second-order valence-corrected chi connectivity index (χ2v) is 5.21. The molecule has 0 aliphatic rings. The Balaban J connectivity index is 1.84. The third kappa shape index (κ3) is 5.36. The number of carbonyl (C=O) groups excluding carboxylic acids is 2. The fraction of sp³-hybridized carbons (Fsp3) is 0.0667. The Kier molecular flexibility index (Phi) is 6.08. The molecule has 0 fully saturated rings. The topological polar surface area (TPSA) is 83.5 Å². The average Bonchev–Trinajstić information content (AvgIpc) is 2.55. The zero-order chi connectivity index (χ0) is 16.7. The Bertz CT molecular complexity index is 736. The smallest absolute Gasteiger partial charge is 0.329 e. The zero-order valence-electron chi connectivity index (χ0n) is 11.8. The number of rotatable bonds is 4. The monoisotopic (exact) mass is 350 g/mol. The molecular formula is C15H12Cl2N4O2. The summed E-state index contributed by atoms with van der Waals surface area (Å²) in [7, 11) is 0. The Hall–Kier alpha value is -2.44. The van der Waals surface area contributed by atoms with E-state index in [1.54, 1.807) is 42.6 Å². The van der Waals surface area contributed by atoms with Gasteiger partial charge < -0.3 is 5.32 Å². The van der Waals surface area contributed by atoms with E-state index in [1.807, 2.05) is 0 Å². The largest absolute Gasteiger partial charge is 0.342 e. The van der Waals surface area contributed by atoms with E-state index in [0.29, 0.717) is 21.3 Å². The van der Waals surface area contributed by atoms with Crippen LogP contribution in [0.2, 0.25) is 10.0 Å². The van der Waals surface area contributed by atoms with Crippen molar-refractivity contribution in [2.24, 2.45) is 5.10 Å². The van der Waals surface area contributed by atoms with Crippen molar-refractivity contribution in [3.63, 3.8) is 0 Å². The van der Waals surface area contributed by atoms with E-state index in [-0.39, 0.29) is 6.54 Å². The Morgan fingerprint density at radius 1 is 1.17 bits per heavy atom. The molecule has 1 aromatic heterocycles. The molecule has 118 valence electrons. The minimum atomic E-state index is -0.887. The molecule has 2 rings (SSSR count). The van der Waals surface area contributed by atoms with Crippen LogP contribution in [0, 0.1) is 0 Å². The quantitative estimate of drug-likeness (QED) is 0.503. The number of nitrogens with zero attached hydrogens (tertiary/aromatic N) is 2. The van der Waals surface area contributed by atoms with Gasteiger partial charge in [-0.05, 0) is 24.3 Å². The summed E-state index contributed by atoms with van der Waals surface area (Å²) in [4.78, 5) is 27.2. The summed E-state index contributed by atoms with van der Waals surface area (Å²) in [5.41, 5.74) is 3.32. The Morgan fingerprint density at radius 3 is 2.70 bits per heavy atom. The van der Waals surface area contributed by atoms with Crippen LogP contribution in [-0.4, -0.2) is 23.0 Å². The predicted molar refractivity (Wildman–Crippen MR) is 88.3 cm³/mol. The number of carbonyl (C=O) groups is 2. The van der Waals surface area contributed by atoms with Gasteiger partial charge in [-0.25, -0.2) is 5.43 Å². The number of pyridine rings is 1. The van der Waals surface area contributed by atoms with Crippen LogP contribution in [-0.2, 0) is 16.1 Å². The molecule has 8 heteroatoms. The van der Waals surface area contributed by atoms with E-state index in [4.69, 9.17) is 23.2 Å². The van der Waals surface area contributed by atoms with Gasteiger partial charge >= 0.3 is 11.8 Å². The van der Waals surface area contributed by atoms with Crippen LogP contribution in [0.3, 0.4) is 0 Å². The molecule has 0 unspecified atom stereocenters. The third-order valence-electron chi connectivity index (χ3n) is 2.69. The molecule has 23 heavy (non-hydrogen) atoms. The van der Waals surface area contributed by atoms with Gasteiger partial charge in [0.15, 0.2) is 0 Å². The molecule has 1 aromatic carbocycles. The molecule has 6 nitrogen and oxygen atoms in total. The number of aromatic nitrogens is 1. The second kappa shape index (κ2) is 8.26. The van der Waals surface area contributed by atoms with Crippen molar-refractivity contribution >= 4 is 41.2 Å². The van der Waals surface area contributed by atoms with Crippen LogP contribution < -0.4 is 10.7 Å². The molecule has 1 heterocycles. The summed E-state index contributed by atoms with van der Waals surface area (Å²) in [5, 5.41) is 6.99. The molecule has 0 spiro atoms. The predicted octanol–water partition coefficient (Wildman–Crippen LogP) is 2.15. The van der Waals surface area contributed by atoms with E-state index in [1.165, 1.54) is 6.21 Å². The average molecular weight is 351 g/mol. The maximum Gasteiger partial charge on any atom is 0.329 e. The number of hydrazone groups is 1.